The van der Waals surface area contributed by atoms with E-state index < -0.39 is 11.2 Å². The van der Waals surface area contributed by atoms with Crippen molar-refractivity contribution in [3.63, 3.8) is 0 Å². The van der Waals surface area contributed by atoms with Crippen molar-refractivity contribution in [2.75, 3.05) is 5.43 Å². The lowest BCUT2D eigenvalue weighted by Gasteiger charge is -2.10. The number of rotatable bonds is 8. The highest BCUT2D eigenvalue weighted by atomic mass is 16.5. The number of hydrogen-bond donors (Lipinski definition) is 2. The van der Waals surface area contributed by atoms with Gasteiger partial charge in [0.25, 0.3) is 5.56 Å². The van der Waals surface area contributed by atoms with Crippen LogP contribution in [0.2, 0.25) is 0 Å². The number of fused-ring (bicyclic) bond motifs is 1. The van der Waals surface area contributed by atoms with Crippen LogP contribution in [0.5, 0.6) is 5.75 Å². The van der Waals surface area contributed by atoms with Gasteiger partial charge in [-0.2, -0.15) is 10.1 Å². The zero-order chi connectivity index (χ0) is 23.4. The minimum atomic E-state index is -0.508. The second kappa shape index (κ2) is 9.56. The summed E-state index contributed by atoms with van der Waals surface area (Å²) >= 11 is 0. The van der Waals surface area contributed by atoms with Crippen LogP contribution in [0.3, 0.4) is 0 Å². The van der Waals surface area contributed by atoms with Gasteiger partial charge in [-0.3, -0.25) is 14.3 Å². The number of nitrogens with one attached hydrogen (secondary N) is 2. The zero-order valence-corrected chi connectivity index (χ0v) is 18.8. The van der Waals surface area contributed by atoms with Crippen LogP contribution in [0.1, 0.15) is 25.0 Å². The topological polar surface area (TPSA) is 106 Å². The van der Waals surface area contributed by atoms with Crippen LogP contribution < -0.4 is 21.4 Å². The van der Waals surface area contributed by atoms with E-state index in [0.29, 0.717) is 30.3 Å². The SMILES string of the molecule is CC(C)Cn1c(N/N=C/c2ccc(OCc3ccccc3)cc2)nc2c1c(=O)[nH]c(=O)n2C. The van der Waals surface area contributed by atoms with E-state index in [1.54, 1.807) is 17.8 Å². The lowest BCUT2D eigenvalue weighted by Crippen LogP contribution is -2.29. The van der Waals surface area contributed by atoms with Gasteiger partial charge in [-0.15, -0.1) is 0 Å². The number of aromatic nitrogens is 4. The maximum Gasteiger partial charge on any atom is 0.329 e. The highest BCUT2D eigenvalue weighted by Gasteiger charge is 2.17. The largest absolute Gasteiger partial charge is 0.489 e. The van der Waals surface area contributed by atoms with Gasteiger partial charge in [0.05, 0.1) is 6.21 Å². The Morgan fingerprint density at radius 1 is 1.12 bits per heavy atom. The van der Waals surface area contributed by atoms with Gasteiger partial charge in [-0.1, -0.05) is 44.2 Å². The van der Waals surface area contributed by atoms with Crippen molar-refractivity contribution in [3.8, 4) is 5.75 Å². The molecule has 33 heavy (non-hydrogen) atoms. The summed E-state index contributed by atoms with van der Waals surface area (Å²) in [5.74, 6) is 1.42. The number of nitrogens with zero attached hydrogens (tertiary/aromatic N) is 4. The molecule has 2 aromatic heterocycles. The standard InChI is InChI=1S/C24H26N6O3/c1-16(2)14-30-20-21(29(3)24(32)27-22(20)31)26-23(30)28-25-13-17-9-11-19(12-10-17)33-15-18-7-5-4-6-8-18/h4-13,16H,14-15H2,1-3H3,(H,26,28)(H,27,31,32)/b25-13+. The van der Waals surface area contributed by atoms with Crippen molar-refractivity contribution in [2.45, 2.75) is 27.0 Å². The van der Waals surface area contributed by atoms with E-state index in [9.17, 15) is 9.59 Å². The third-order valence-corrected chi connectivity index (χ3v) is 5.06. The summed E-state index contributed by atoms with van der Waals surface area (Å²) in [5.41, 5.74) is 4.55. The Balaban J connectivity index is 1.50. The molecule has 0 aliphatic heterocycles. The summed E-state index contributed by atoms with van der Waals surface area (Å²) in [4.78, 5) is 31.2. The first-order valence-corrected chi connectivity index (χ1v) is 10.7. The first kappa shape index (κ1) is 22.1. The molecule has 170 valence electrons. The van der Waals surface area contributed by atoms with Gasteiger partial charge in [-0.05, 0) is 41.3 Å². The molecule has 4 rings (SSSR count). The maximum absolute atomic E-state index is 12.4. The van der Waals surface area contributed by atoms with E-state index in [4.69, 9.17) is 4.74 Å². The molecule has 0 aliphatic carbocycles. The van der Waals surface area contributed by atoms with Crippen molar-refractivity contribution >= 4 is 23.3 Å². The molecule has 2 aromatic carbocycles. The molecule has 0 radical (unpaired) electrons. The molecule has 0 spiro atoms. The monoisotopic (exact) mass is 446 g/mol. The first-order valence-electron chi connectivity index (χ1n) is 10.7. The van der Waals surface area contributed by atoms with Gasteiger partial charge in [0.2, 0.25) is 5.95 Å². The van der Waals surface area contributed by atoms with E-state index in [2.05, 4.69) is 20.5 Å². The second-order valence-corrected chi connectivity index (χ2v) is 8.14. The molecule has 4 aromatic rings. The second-order valence-electron chi connectivity index (χ2n) is 8.14. The van der Waals surface area contributed by atoms with Gasteiger partial charge in [0.15, 0.2) is 11.2 Å². The molecule has 2 heterocycles. The number of imidazole rings is 1. The van der Waals surface area contributed by atoms with E-state index in [0.717, 1.165) is 16.9 Å². The summed E-state index contributed by atoms with van der Waals surface area (Å²) in [6.45, 7) is 5.12. The van der Waals surface area contributed by atoms with Crippen LogP contribution in [0.25, 0.3) is 11.2 Å². The summed E-state index contributed by atoms with van der Waals surface area (Å²) in [6.07, 6.45) is 1.66. The van der Waals surface area contributed by atoms with Crippen LogP contribution in [0, 0.1) is 5.92 Å². The van der Waals surface area contributed by atoms with Crippen LogP contribution in [-0.2, 0) is 20.2 Å². The third kappa shape index (κ3) is 5.03. The maximum atomic E-state index is 12.4. The Morgan fingerprint density at radius 3 is 2.55 bits per heavy atom. The number of hydrazone groups is 1. The van der Waals surface area contributed by atoms with Crippen LogP contribution in [0.15, 0.2) is 69.3 Å². The fourth-order valence-electron chi connectivity index (χ4n) is 3.42. The van der Waals surface area contributed by atoms with Gasteiger partial charge in [0, 0.05) is 13.6 Å². The molecule has 9 heteroatoms. The fourth-order valence-corrected chi connectivity index (χ4v) is 3.42. The molecule has 0 fully saturated rings. The quantitative estimate of drug-likeness (QED) is 0.320. The molecule has 0 saturated heterocycles. The normalized spacial score (nSPS) is 11.5. The predicted octanol–water partition coefficient (Wildman–Crippen LogP) is 3.10. The summed E-state index contributed by atoms with van der Waals surface area (Å²) < 4.78 is 8.87. The number of ether oxygens (including phenoxy) is 1. The molecular weight excluding hydrogens is 420 g/mol. The summed E-state index contributed by atoms with van der Waals surface area (Å²) in [5, 5.41) is 4.28. The summed E-state index contributed by atoms with van der Waals surface area (Å²) in [7, 11) is 1.57. The highest BCUT2D eigenvalue weighted by molar-refractivity contribution is 5.80. The van der Waals surface area contributed by atoms with Crippen LogP contribution in [0.4, 0.5) is 5.95 Å². The van der Waals surface area contributed by atoms with Gasteiger partial charge in [-0.25, -0.2) is 10.2 Å². The average Bonchev–Trinajstić information content (AvgIpc) is 3.16. The van der Waals surface area contributed by atoms with E-state index in [1.807, 2.05) is 68.4 Å². The lowest BCUT2D eigenvalue weighted by molar-refractivity contribution is 0.306. The number of aryl methyl sites for hydroxylation is 1. The van der Waals surface area contributed by atoms with Gasteiger partial charge >= 0.3 is 5.69 Å². The minimum absolute atomic E-state index is 0.256. The van der Waals surface area contributed by atoms with Gasteiger partial charge in [0.1, 0.15) is 12.4 Å². The van der Waals surface area contributed by atoms with Crippen molar-refractivity contribution < 1.29 is 4.74 Å². The molecule has 0 aliphatic rings. The zero-order valence-electron chi connectivity index (χ0n) is 18.8. The van der Waals surface area contributed by atoms with Gasteiger partial charge < -0.3 is 9.30 Å². The number of aromatic amines is 1. The Morgan fingerprint density at radius 2 is 1.85 bits per heavy atom. The highest BCUT2D eigenvalue weighted by Crippen LogP contribution is 2.18. The van der Waals surface area contributed by atoms with Crippen molar-refractivity contribution in [1.82, 2.24) is 19.1 Å². The van der Waals surface area contributed by atoms with Crippen molar-refractivity contribution in [3.05, 3.63) is 86.6 Å². The molecule has 0 amide bonds. The fraction of sp³-hybridized carbons (Fsp3) is 0.250. The average molecular weight is 447 g/mol. The van der Waals surface area contributed by atoms with Crippen LogP contribution in [-0.4, -0.2) is 25.3 Å². The lowest BCUT2D eigenvalue weighted by atomic mass is 10.2. The molecular formula is C24H26N6O3. The number of H-pyrrole nitrogens is 1. The predicted molar refractivity (Wildman–Crippen MR) is 129 cm³/mol. The van der Waals surface area contributed by atoms with Crippen molar-refractivity contribution in [1.29, 1.82) is 0 Å². The Kier molecular flexibility index (Phi) is 6.39. The molecule has 0 unspecified atom stereocenters. The minimum Gasteiger partial charge on any atom is -0.489 e. The number of anilines is 1. The van der Waals surface area contributed by atoms with E-state index >= 15 is 0 Å². The third-order valence-electron chi connectivity index (χ3n) is 5.06. The summed E-state index contributed by atoms with van der Waals surface area (Å²) in [6, 6.07) is 17.5. The number of hydrogen-bond acceptors (Lipinski definition) is 6. The van der Waals surface area contributed by atoms with Crippen molar-refractivity contribution in [2.24, 2.45) is 18.1 Å². The Hall–Kier alpha value is -4.14. The molecule has 0 saturated carbocycles. The Labute approximate surface area is 190 Å². The molecule has 2 N–H and O–H groups in total. The molecule has 0 bridgehead atoms. The smallest absolute Gasteiger partial charge is 0.329 e. The van der Waals surface area contributed by atoms with Crippen LogP contribution >= 0.6 is 0 Å². The number of benzene rings is 2. The molecule has 0 atom stereocenters. The van der Waals surface area contributed by atoms with E-state index in [-0.39, 0.29) is 5.92 Å². The molecule has 9 nitrogen and oxygen atoms in total. The van der Waals surface area contributed by atoms with E-state index in [1.165, 1.54) is 4.57 Å². The Bertz CT molecular complexity index is 1380. The first-order chi connectivity index (χ1) is 15.9.